The lowest BCUT2D eigenvalue weighted by atomic mass is 9.99. The first-order chi connectivity index (χ1) is 8.22. The summed E-state index contributed by atoms with van der Waals surface area (Å²) in [6.45, 7) is 9.09. The highest BCUT2D eigenvalue weighted by molar-refractivity contribution is 5.75. The Labute approximate surface area is 104 Å². The minimum Gasteiger partial charge on any atom is -0.325 e. The van der Waals surface area contributed by atoms with E-state index in [0.29, 0.717) is 6.04 Å². The lowest BCUT2D eigenvalue weighted by molar-refractivity contribution is 0.123. The summed E-state index contributed by atoms with van der Waals surface area (Å²) >= 11 is 0. The van der Waals surface area contributed by atoms with Crippen molar-refractivity contribution in [2.75, 3.05) is 32.7 Å². The number of likely N-dealkylation sites (N-methyl/N-ethyl adjacent to an activating group) is 1. The van der Waals surface area contributed by atoms with Crippen molar-refractivity contribution in [3.8, 4) is 0 Å². The molecule has 0 radical (unpaired) electrons. The molecule has 2 heterocycles. The maximum absolute atomic E-state index is 12.4. The van der Waals surface area contributed by atoms with Crippen LogP contribution in [0, 0.1) is 5.92 Å². The third-order valence-electron chi connectivity index (χ3n) is 4.12. The summed E-state index contributed by atoms with van der Waals surface area (Å²) in [7, 11) is 0. The van der Waals surface area contributed by atoms with E-state index < -0.39 is 0 Å². The summed E-state index contributed by atoms with van der Waals surface area (Å²) in [4.78, 5) is 16.5. The standard InChI is InChI=1S/C13H25N3O/c1-3-16(12-4-7-14-10-12)13(17)15-8-5-11(2)6-9-15/h11-12,14H,3-10H2,1-2H3. The topological polar surface area (TPSA) is 35.6 Å². The van der Waals surface area contributed by atoms with Crippen molar-refractivity contribution in [2.45, 2.75) is 39.2 Å². The normalized spacial score (nSPS) is 26.2. The molecule has 2 saturated heterocycles. The van der Waals surface area contributed by atoms with Gasteiger partial charge in [-0.1, -0.05) is 6.92 Å². The number of piperidine rings is 1. The van der Waals surface area contributed by atoms with E-state index in [1.54, 1.807) is 0 Å². The van der Waals surface area contributed by atoms with E-state index in [0.717, 1.165) is 57.9 Å². The number of carbonyl (C=O) groups is 1. The molecular formula is C13H25N3O. The van der Waals surface area contributed by atoms with Crippen LogP contribution in [0.2, 0.25) is 0 Å². The molecule has 0 aliphatic carbocycles. The van der Waals surface area contributed by atoms with Gasteiger partial charge in [-0.05, 0) is 38.6 Å². The molecule has 0 saturated carbocycles. The van der Waals surface area contributed by atoms with Crippen LogP contribution < -0.4 is 5.32 Å². The molecule has 2 fully saturated rings. The van der Waals surface area contributed by atoms with Crippen LogP contribution in [-0.2, 0) is 0 Å². The number of hydrogen-bond acceptors (Lipinski definition) is 2. The van der Waals surface area contributed by atoms with Gasteiger partial charge in [0.05, 0.1) is 0 Å². The largest absolute Gasteiger partial charge is 0.325 e. The molecule has 1 N–H and O–H groups in total. The third kappa shape index (κ3) is 2.92. The average molecular weight is 239 g/mol. The number of carbonyl (C=O) groups excluding carboxylic acids is 1. The second kappa shape index (κ2) is 5.71. The number of urea groups is 1. The minimum absolute atomic E-state index is 0.258. The molecule has 1 atom stereocenters. The molecule has 2 aliphatic heterocycles. The van der Waals surface area contributed by atoms with Crippen molar-refractivity contribution in [1.82, 2.24) is 15.1 Å². The Kier molecular flexibility index (Phi) is 4.26. The molecule has 2 aliphatic rings. The highest BCUT2D eigenvalue weighted by Gasteiger charge is 2.29. The van der Waals surface area contributed by atoms with Crippen LogP contribution in [0.25, 0.3) is 0 Å². The maximum atomic E-state index is 12.4. The molecule has 0 bridgehead atoms. The van der Waals surface area contributed by atoms with E-state index in [9.17, 15) is 4.79 Å². The van der Waals surface area contributed by atoms with Gasteiger partial charge in [0.1, 0.15) is 0 Å². The molecule has 4 heteroatoms. The Hall–Kier alpha value is -0.770. The highest BCUT2D eigenvalue weighted by Crippen LogP contribution is 2.19. The summed E-state index contributed by atoms with van der Waals surface area (Å²) in [6.07, 6.45) is 3.42. The number of nitrogens with zero attached hydrogens (tertiary/aromatic N) is 2. The Morgan fingerprint density at radius 1 is 1.35 bits per heavy atom. The third-order valence-corrected chi connectivity index (χ3v) is 4.12. The SMILES string of the molecule is CCN(C(=O)N1CCC(C)CC1)C1CCNC1. The van der Waals surface area contributed by atoms with Gasteiger partial charge in [0.25, 0.3) is 0 Å². The fourth-order valence-electron chi connectivity index (χ4n) is 2.84. The van der Waals surface area contributed by atoms with Crippen LogP contribution in [0.4, 0.5) is 4.79 Å². The van der Waals surface area contributed by atoms with Crippen molar-refractivity contribution in [3.63, 3.8) is 0 Å². The number of rotatable bonds is 2. The van der Waals surface area contributed by atoms with E-state index in [-0.39, 0.29) is 6.03 Å². The summed E-state index contributed by atoms with van der Waals surface area (Å²) in [5, 5.41) is 3.34. The van der Waals surface area contributed by atoms with Gasteiger partial charge >= 0.3 is 6.03 Å². The van der Waals surface area contributed by atoms with Gasteiger partial charge in [0.15, 0.2) is 0 Å². The average Bonchev–Trinajstić information content (AvgIpc) is 2.84. The van der Waals surface area contributed by atoms with Crippen molar-refractivity contribution >= 4 is 6.03 Å². The number of likely N-dealkylation sites (tertiary alicyclic amines) is 1. The molecule has 1 unspecified atom stereocenters. The summed E-state index contributed by atoms with van der Waals surface area (Å²) in [5.74, 6) is 0.780. The van der Waals surface area contributed by atoms with Gasteiger partial charge in [-0.15, -0.1) is 0 Å². The number of hydrogen-bond donors (Lipinski definition) is 1. The van der Waals surface area contributed by atoms with Gasteiger partial charge in [0.2, 0.25) is 0 Å². The van der Waals surface area contributed by atoms with E-state index >= 15 is 0 Å². The van der Waals surface area contributed by atoms with Crippen molar-refractivity contribution in [3.05, 3.63) is 0 Å². The Balaban J connectivity index is 1.92. The molecular weight excluding hydrogens is 214 g/mol. The number of nitrogens with one attached hydrogen (secondary N) is 1. The predicted molar refractivity (Wildman–Crippen MR) is 69.0 cm³/mol. The zero-order valence-corrected chi connectivity index (χ0v) is 11.1. The van der Waals surface area contributed by atoms with Crippen LogP contribution >= 0.6 is 0 Å². The van der Waals surface area contributed by atoms with E-state index in [1.807, 2.05) is 4.90 Å². The molecule has 2 rings (SSSR count). The van der Waals surface area contributed by atoms with Gasteiger partial charge in [-0.25, -0.2) is 4.79 Å². The molecule has 4 nitrogen and oxygen atoms in total. The zero-order chi connectivity index (χ0) is 12.3. The van der Waals surface area contributed by atoms with Crippen molar-refractivity contribution in [1.29, 1.82) is 0 Å². The van der Waals surface area contributed by atoms with Crippen LogP contribution in [0.15, 0.2) is 0 Å². The zero-order valence-electron chi connectivity index (χ0n) is 11.1. The monoisotopic (exact) mass is 239 g/mol. The molecule has 0 aromatic rings. The van der Waals surface area contributed by atoms with Crippen LogP contribution in [0.5, 0.6) is 0 Å². The first kappa shape index (κ1) is 12.7. The van der Waals surface area contributed by atoms with E-state index in [4.69, 9.17) is 0 Å². The molecule has 0 spiro atoms. The smallest absolute Gasteiger partial charge is 0.320 e. The molecule has 0 aromatic heterocycles. The minimum atomic E-state index is 0.258. The fraction of sp³-hybridized carbons (Fsp3) is 0.923. The second-order valence-electron chi connectivity index (χ2n) is 5.38. The van der Waals surface area contributed by atoms with Crippen molar-refractivity contribution < 1.29 is 4.79 Å². The summed E-state index contributed by atoms with van der Waals surface area (Å²) in [5.41, 5.74) is 0. The van der Waals surface area contributed by atoms with Gasteiger partial charge in [-0.2, -0.15) is 0 Å². The molecule has 17 heavy (non-hydrogen) atoms. The highest BCUT2D eigenvalue weighted by atomic mass is 16.2. The Morgan fingerprint density at radius 3 is 2.59 bits per heavy atom. The predicted octanol–water partition coefficient (Wildman–Crippen LogP) is 1.52. The van der Waals surface area contributed by atoms with Crippen LogP contribution in [0.1, 0.15) is 33.1 Å². The van der Waals surface area contributed by atoms with Gasteiger partial charge in [-0.3, -0.25) is 0 Å². The lowest BCUT2D eigenvalue weighted by Crippen LogP contribution is -2.50. The Bertz CT molecular complexity index is 255. The summed E-state index contributed by atoms with van der Waals surface area (Å²) < 4.78 is 0. The number of amides is 2. The van der Waals surface area contributed by atoms with E-state index in [1.165, 1.54) is 0 Å². The quantitative estimate of drug-likeness (QED) is 0.793. The van der Waals surface area contributed by atoms with Crippen LogP contribution in [0.3, 0.4) is 0 Å². The van der Waals surface area contributed by atoms with Crippen molar-refractivity contribution in [2.24, 2.45) is 5.92 Å². The second-order valence-corrected chi connectivity index (χ2v) is 5.38. The van der Waals surface area contributed by atoms with Gasteiger partial charge in [0, 0.05) is 32.2 Å². The molecule has 0 aromatic carbocycles. The molecule has 98 valence electrons. The summed E-state index contributed by atoms with van der Waals surface area (Å²) in [6, 6.07) is 0.667. The fourth-order valence-corrected chi connectivity index (χ4v) is 2.84. The lowest BCUT2D eigenvalue weighted by Gasteiger charge is -2.36. The first-order valence-corrected chi connectivity index (χ1v) is 6.98. The van der Waals surface area contributed by atoms with Crippen LogP contribution in [-0.4, -0.2) is 54.6 Å². The van der Waals surface area contributed by atoms with Gasteiger partial charge < -0.3 is 15.1 Å². The Morgan fingerprint density at radius 2 is 2.06 bits per heavy atom. The maximum Gasteiger partial charge on any atom is 0.320 e. The first-order valence-electron chi connectivity index (χ1n) is 6.98. The molecule has 2 amide bonds. The van der Waals surface area contributed by atoms with E-state index in [2.05, 4.69) is 24.1 Å².